The number of aromatic amines is 1. The molecule has 0 bridgehead atoms. The standard InChI is InChI=1S/C11H11FN2O/c12-9-3-1-2-8(4-9)5-10-6-11(7-15)14-13-10/h1-4,6,15H,5,7H2,(H,13,14). The van der Waals surface area contributed by atoms with Crippen LogP contribution in [0.15, 0.2) is 30.3 Å². The molecule has 4 heteroatoms. The monoisotopic (exact) mass is 206 g/mol. The fourth-order valence-electron chi connectivity index (χ4n) is 1.45. The van der Waals surface area contributed by atoms with Crippen LogP contribution in [0.1, 0.15) is 17.0 Å². The summed E-state index contributed by atoms with van der Waals surface area (Å²) in [4.78, 5) is 0. The Bertz CT molecular complexity index is 453. The molecule has 0 saturated carbocycles. The second-order valence-corrected chi connectivity index (χ2v) is 3.35. The molecular formula is C11H11FN2O. The molecule has 0 amide bonds. The Morgan fingerprint density at radius 2 is 2.20 bits per heavy atom. The second-order valence-electron chi connectivity index (χ2n) is 3.35. The van der Waals surface area contributed by atoms with E-state index >= 15 is 0 Å². The second kappa shape index (κ2) is 4.23. The zero-order valence-corrected chi connectivity index (χ0v) is 8.07. The van der Waals surface area contributed by atoms with Crippen molar-refractivity contribution in [3.05, 3.63) is 53.1 Å². The van der Waals surface area contributed by atoms with Crippen LogP contribution < -0.4 is 0 Å². The van der Waals surface area contributed by atoms with Gasteiger partial charge in [-0.3, -0.25) is 5.10 Å². The largest absolute Gasteiger partial charge is 0.390 e. The molecule has 3 nitrogen and oxygen atoms in total. The molecule has 1 aromatic carbocycles. The van der Waals surface area contributed by atoms with Crippen molar-refractivity contribution < 1.29 is 9.50 Å². The lowest BCUT2D eigenvalue weighted by Crippen LogP contribution is -1.89. The van der Waals surface area contributed by atoms with Gasteiger partial charge in [0.25, 0.3) is 0 Å². The van der Waals surface area contributed by atoms with Crippen molar-refractivity contribution in [1.29, 1.82) is 0 Å². The summed E-state index contributed by atoms with van der Waals surface area (Å²) >= 11 is 0. The van der Waals surface area contributed by atoms with E-state index < -0.39 is 0 Å². The summed E-state index contributed by atoms with van der Waals surface area (Å²) < 4.78 is 12.9. The summed E-state index contributed by atoms with van der Waals surface area (Å²) in [5.74, 6) is -0.241. The van der Waals surface area contributed by atoms with Gasteiger partial charge in [0.05, 0.1) is 12.3 Å². The van der Waals surface area contributed by atoms with Crippen molar-refractivity contribution >= 4 is 0 Å². The van der Waals surface area contributed by atoms with Crippen LogP contribution in [-0.2, 0) is 13.0 Å². The first kappa shape index (κ1) is 9.86. The number of aliphatic hydroxyl groups excluding tert-OH is 1. The SMILES string of the molecule is OCc1cc(Cc2cccc(F)c2)[nH]n1. The molecule has 1 heterocycles. The fraction of sp³-hybridized carbons (Fsp3) is 0.182. The Balaban J connectivity index is 2.14. The summed E-state index contributed by atoms with van der Waals surface area (Å²) in [6, 6.07) is 8.19. The maximum atomic E-state index is 12.9. The number of halogens is 1. The zero-order valence-electron chi connectivity index (χ0n) is 8.07. The minimum absolute atomic E-state index is 0.0837. The van der Waals surface area contributed by atoms with Gasteiger partial charge in [0.1, 0.15) is 5.82 Å². The van der Waals surface area contributed by atoms with Gasteiger partial charge >= 0.3 is 0 Å². The highest BCUT2D eigenvalue weighted by atomic mass is 19.1. The molecule has 1 aromatic heterocycles. The number of nitrogens with one attached hydrogen (secondary N) is 1. The van der Waals surface area contributed by atoms with Crippen LogP contribution in [0.3, 0.4) is 0 Å². The minimum Gasteiger partial charge on any atom is -0.390 e. The van der Waals surface area contributed by atoms with Crippen LogP contribution in [0, 0.1) is 5.82 Å². The third-order valence-electron chi connectivity index (χ3n) is 2.13. The smallest absolute Gasteiger partial charge is 0.123 e. The molecule has 15 heavy (non-hydrogen) atoms. The minimum atomic E-state index is -0.241. The highest BCUT2D eigenvalue weighted by Crippen LogP contribution is 2.09. The lowest BCUT2D eigenvalue weighted by atomic mass is 10.1. The highest BCUT2D eigenvalue weighted by molar-refractivity contribution is 5.23. The topological polar surface area (TPSA) is 48.9 Å². The number of nitrogens with zero attached hydrogens (tertiary/aromatic N) is 1. The van der Waals surface area contributed by atoms with Gasteiger partial charge in [0.15, 0.2) is 0 Å². The highest BCUT2D eigenvalue weighted by Gasteiger charge is 2.02. The number of aliphatic hydroxyl groups is 1. The molecule has 2 rings (SSSR count). The molecule has 0 saturated heterocycles. The summed E-state index contributed by atoms with van der Waals surface area (Å²) in [7, 11) is 0. The van der Waals surface area contributed by atoms with Gasteiger partial charge in [0.2, 0.25) is 0 Å². The van der Waals surface area contributed by atoms with Gasteiger partial charge in [0, 0.05) is 12.1 Å². The van der Waals surface area contributed by atoms with Crippen LogP contribution in [0.4, 0.5) is 4.39 Å². The van der Waals surface area contributed by atoms with E-state index in [0.29, 0.717) is 12.1 Å². The molecule has 2 N–H and O–H groups in total. The van der Waals surface area contributed by atoms with E-state index in [-0.39, 0.29) is 12.4 Å². The van der Waals surface area contributed by atoms with Crippen molar-refractivity contribution in [1.82, 2.24) is 10.2 Å². The van der Waals surface area contributed by atoms with E-state index in [9.17, 15) is 4.39 Å². The third kappa shape index (κ3) is 2.41. The summed E-state index contributed by atoms with van der Waals surface area (Å²) in [5, 5.41) is 15.5. The van der Waals surface area contributed by atoms with Crippen molar-refractivity contribution in [3.63, 3.8) is 0 Å². The number of H-pyrrole nitrogens is 1. The number of aromatic nitrogens is 2. The van der Waals surface area contributed by atoms with Gasteiger partial charge in [-0.05, 0) is 23.8 Å². The van der Waals surface area contributed by atoms with Crippen LogP contribution in [0.25, 0.3) is 0 Å². The zero-order chi connectivity index (χ0) is 10.7. The summed E-state index contributed by atoms with van der Waals surface area (Å²) in [5.41, 5.74) is 2.34. The first-order chi connectivity index (χ1) is 7.28. The van der Waals surface area contributed by atoms with Gasteiger partial charge in [-0.25, -0.2) is 4.39 Å². The maximum absolute atomic E-state index is 12.9. The van der Waals surface area contributed by atoms with E-state index in [1.54, 1.807) is 12.1 Å². The van der Waals surface area contributed by atoms with Crippen LogP contribution >= 0.6 is 0 Å². The lowest BCUT2D eigenvalue weighted by Gasteiger charge is -1.97. The molecule has 78 valence electrons. The molecule has 2 aromatic rings. The fourth-order valence-corrected chi connectivity index (χ4v) is 1.45. The van der Waals surface area contributed by atoms with Crippen LogP contribution in [0.2, 0.25) is 0 Å². The van der Waals surface area contributed by atoms with E-state index in [4.69, 9.17) is 5.11 Å². The number of rotatable bonds is 3. The normalized spacial score (nSPS) is 10.5. The molecule has 0 atom stereocenters. The Kier molecular flexibility index (Phi) is 2.78. The predicted octanol–water partition coefficient (Wildman–Crippen LogP) is 1.63. The third-order valence-corrected chi connectivity index (χ3v) is 2.13. The Morgan fingerprint density at radius 3 is 2.87 bits per heavy atom. The number of hydrogen-bond acceptors (Lipinski definition) is 2. The first-order valence-electron chi connectivity index (χ1n) is 4.66. The van der Waals surface area contributed by atoms with Crippen molar-refractivity contribution in [2.75, 3.05) is 0 Å². The van der Waals surface area contributed by atoms with Gasteiger partial charge in [-0.1, -0.05) is 12.1 Å². The predicted molar refractivity (Wildman–Crippen MR) is 53.7 cm³/mol. The van der Waals surface area contributed by atoms with Crippen LogP contribution in [-0.4, -0.2) is 15.3 Å². The average molecular weight is 206 g/mol. The van der Waals surface area contributed by atoms with Gasteiger partial charge in [-0.2, -0.15) is 5.10 Å². The molecule has 0 fully saturated rings. The maximum Gasteiger partial charge on any atom is 0.123 e. The van der Waals surface area contributed by atoms with E-state index in [1.165, 1.54) is 12.1 Å². The van der Waals surface area contributed by atoms with Crippen molar-refractivity contribution in [2.45, 2.75) is 13.0 Å². The molecule has 0 unspecified atom stereocenters. The summed E-state index contributed by atoms with van der Waals surface area (Å²) in [6.45, 7) is -0.0837. The molecule has 0 aliphatic rings. The Hall–Kier alpha value is -1.68. The van der Waals surface area contributed by atoms with Gasteiger partial charge < -0.3 is 5.11 Å². The van der Waals surface area contributed by atoms with Crippen molar-refractivity contribution in [3.8, 4) is 0 Å². The van der Waals surface area contributed by atoms with E-state index in [1.807, 2.05) is 6.07 Å². The first-order valence-corrected chi connectivity index (χ1v) is 4.66. The Labute approximate surface area is 86.6 Å². The molecule has 0 radical (unpaired) electrons. The molecule has 0 aliphatic heterocycles. The van der Waals surface area contributed by atoms with Crippen molar-refractivity contribution in [2.24, 2.45) is 0 Å². The van der Waals surface area contributed by atoms with E-state index in [0.717, 1.165) is 11.3 Å². The quantitative estimate of drug-likeness (QED) is 0.801. The van der Waals surface area contributed by atoms with E-state index in [2.05, 4.69) is 10.2 Å². The Morgan fingerprint density at radius 1 is 1.33 bits per heavy atom. The number of hydrogen-bond donors (Lipinski definition) is 2. The summed E-state index contributed by atoms with van der Waals surface area (Å²) in [6.07, 6.45) is 0.588. The molecular weight excluding hydrogens is 195 g/mol. The van der Waals surface area contributed by atoms with Gasteiger partial charge in [-0.15, -0.1) is 0 Å². The number of benzene rings is 1. The molecule has 0 aliphatic carbocycles. The average Bonchev–Trinajstić information content (AvgIpc) is 2.65. The lowest BCUT2D eigenvalue weighted by molar-refractivity contribution is 0.276. The van der Waals surface area contributed by atoms with Crippen LogP contribution in [0.5, 0.6) is 0 Å². The molecule has 0 spiro atoms.